The highest BCUT2D eigenvalue weighted by atomic mass is 32.2. The summed E-state index contributed by atoms with van der Waals surface area (Å²) in [5.74, 6) is -3.00. The van der Waals surface area contributed by atoms with Gasteiger partial charge in [-0.1, -0.05) is 111 Å². The molecule has 20 heteroatoms. The molecule has 1 fully saturated rings. The van der Waals surface area contributed by atoms with Crippen LogP contribution in [0.4, 0.5) is 0 Å². The van der Waals surface area contributed by atoms with Gasteiger partial charge in [-0.05, 0) is 80.7 Å². The maximum Gasteiger partial charge on any atom is 0.261 e. The molecule has 1 aliphatic heterocycles. The number of amides is 5. The molecule has 3 aromatic rings. The molecule has 0 radical (unpaired) electrons. The molecule has 19 nitrogen and oxygen atoms in total. The average Bonchev–Trinajstić information content (AvgIpc) is 3.94. The van der Waals surface area contributed by atoms with Gasteiger partial charge in [0.15, 0.2) is 11.1 Å². The first-order valence-corrected chi connectivity index (χ1v) is 24.5. The summed E-state index contributed by atoms with van der Waals surface area (Å²) >= 11 is 0. The number of aliphatic hydroxyl groups is 1. The number of carbonyl (C=O) groups excluding carboxylic acids is 5. The van der Waals surface area contributed by atoms with Crippen LogP contribution in [0.3, 0.4) is 0 Å². The van der Waals surface area contributed by atoms with Gasteiger partial charge in [0.25, 0.3) is 23.7 Å². The van der Waals surface area contributed by atoms with E-state index >= 15 is 0 Å². The second kappa shape index (κ2) is 26.2. The Bertz CT molecular complexity index is 2240. The van der Waals surface area contributed by atoms with E-state index in [0.717, 1.165) is 57.8 Å². The number of nitrogens with one attached hydrogen (secondary N) is 5. The zero-order valence-corrected chi connectivity index (χ0v) is 38.5. The van der Waals surface area contributed by atoms with Crippen molar-refractivity contribution < 1.29 is 42.5 Å². The van der Waals surface area contributed by atoms with E-state index in [4.69, 9.17) is 5.73 Å². The Morgan fingerprint density at radius 3 is 2.01 bits per heavy atom. The van der Waals surface area contributed by atoms with Crippen LogP contribution in [0, 0.1) is 22.0 Å². The van der Waals surface area contributed by atoms with Crippen LogP contribution in [-0.2, 0) is 30.8 Å². The summed E-state index contributed by atoms with van der Waals surface area (Å²) in [6.07, 6.45) is 7.79. The number of nitrogens with two attached hydrogens (primary N) is 1. The first kappa shape index (κ1) is 51.7. The van der Waals surface area contributed by atoms with E-state index < -0.39 is 51.0 Å². The minimum absolute atomic E-state index is 0.0107. The van der Waals surface area contributed by atoms with Gasteiger partial charge in [-0.25, -0.2) is 28.2 Å². The standard InChI is InChI=1S/C47H63N9O10S/c48-47(54-56(63)64)50-28-17-27-39(43(59)53-40(32-33-18-7-5-8-19-33)41(57)44(60)49-29-30-51-67(65,66)35-22-9-6-10-23-35)52-42(58)36(34-20-12-13-21-34)24-11-3-1-2-4-16-31-55-45(61)37-25-14-15-26-38(37)46(55)62/h5-10,14-15,18-19,22-23,25-26,34,36,39-41,51,57H,1-4,11-13,16-17,20-21,24,27-32H2,(H,49,60)(H,52,58)(H,53,59)(H3,48,50,54)/t36?,39-,40-,41?/m0/s1. The number of nitro groups is 1. The van der Waals surface area contributed by atoms with Crippen LogP contribution in [0.2, 0.25) is 0 Å². The minimum atomic E-state index is -3.85. The smallest absolute Gasteiger partial charge is 0.261 e. The van der Waals surface area contributed by atoms with Crippen molar-refractivity contribution in [1.82, 2.24) is 31.0 Å². The molecule has 5 amide bonds. The largest absolute Gasteiger partial charge is 0.381 e. The van der Waals surface area contributed by atoms with Gasteiger partial charge in [0, 0.05) is 32.1 Å². The summed E-state index contributed by atoms with van der Waals surface area (Å²) in [5, 5.41) is 29.7. The first-order valence-electron chi connectivity index (χ1n) is 23.1. The Kier molecular flexibility index (Phi) is 20.2. The Morgan fingerprint density at radius 1 is 0.776 bits per heavy atom. The molecule has 5 rings (SSSR count). The van der Waals surface area contributed by atoms with Crippen molar-refractivity contribution in [3.05, 3.63) is 112 Å². The zero-order valence-electron chi connectivity index (χ0n) is 37.6. The van der Waals surface area contributed by atoms with Gasteiger partial charge in [0.2, 0.25) is 21.8 Å². The zero-order chi connectivity index (χ0) is 48.2. The number of sulfonamides is 1. The molecule has 3 aromatic carbocycles. The Balaban J connectivity index is 1.19. The van der Waals surface area contributed by atoms with Crippen molar-refractivity contribution in [2.75, 3.05) is 26.2 Å². The molecule has 67 heavy (non-hydrogen) atoms. The Hall–Kier alpha value is -6.25. The normalized spacial score (nSPS) is 15.9. The Labute approximate surface area is 391 Å². The lowest BCUT2D eigenvalue weighted by molar-refractivity contribution is -0.525. The number of hydrazine groups is 1. The van der Waals surface area contributed by atoms with Gasteiger partial charge < -0.3 is 26.8 Å². The van der Waals surface area contributed by atoms with E-state index in [1.54, 1.807) is 78.2 Å². The van der Waals surface area contributed by atoms with E-state index in [9.17, 15) is 47.6 Å². The molecular weight excluding hydrogens is 883 g/mol. The molecule has 0 bridgehead atoms. The number of aliphatic imine (C=N–C) groups is 1. The maximum atomic E-state index is 14.3. The van der Waals surface area contributed by atoms with Crippen LogP contribution in [0.1, 0.15) is 110 Å². The molecule has 1 saturated carbocycles. The molecule has 8 N–H and O–H groups in total. The second-order valence-electron chi connectivity index (χ2n) is 17.0. The SMILES string of the molecule is NC(=NCCC[C@H](NC(=O)C(CCCCCCCCN1C(=O)c2ccccc2C1=O)C1CCCC1)C(=O)N[C@@H](Cc1ccccc1)C(O)C(=O)NCCNS(=O)(=O)c1ccccc1)N[N+](=O)[O-]. The average molecular weight is 946 g/mol. The number of nitrogens with zero attached hydrogens (tertiary/aromatic N) is 3. The highest BCUT2D eigenvalue weighted by molar-refractivity contribution is 7.89. The topological polar surface area (TPSA) is 285 Å². The number of fused-ring (bicyclic) bond motifs is 1. The van der Waals surface area contributed by atoms with E-state index in [-0.39, 0.29) is 73.3 Å². The second-order valence-corrected chi connectivity index (χ2v) is 18.7. The van der Waals surface area contributed by atoms with Crippen molar-refractivity contribution in [1.29, 1.82) is 0 Å². The highest BCUT2D eigenvalue weighted by Crippen LogP contribution is 2.35. The lowest BCUT2D eigenvalue weighted by Crippen LogP contribution is -2.57. The van der Waals surface area contributed by atoms with Crippen molar-refractivity contribution >= 4 is 45.5 Å². The number of guanidine groups is 1. The first-order chi connectivity index (χ1) is 32.2. The van der Waals surface area contributed by atoms with Crippen LogP contribution >= 0.6 is 0 Å². The fourth-order valence-corrected chi connectivity index (χ4v) is 9.68. The van der Waals surface area contributed by atoms with Crippen molar-refractivity contribution in [3.8, 4) is 0 Å². The van der Waals surface area contributed by atoms with E-state index in [0.29, 0.717) is 36.1 Å². The molecule has 0 aromatic heterocycles. The number of benzene rings is 3. The van der Waals surface area contributed by atoms with E-state index in [2.05, 4.69) is 25.7 Å². The van der Waals surface area contributed by atoms with Crippen molar-refractivity contribution in [2.24, 2.45) is 22.6 Å². The van der Waals surface area contributed by atoms with E-state index in [1.165, 1.54) is 17.0 Å². The third-order valence-corrected chi connectivity index (χ3v) is 13.6. The summed E-state index contributed by atoms with van der Waals surface area (Å²) in [6, 6.07) is 21.1. The molecular formula is C47H63N9O10S. The van der Waals surface area contributed by atoms with Crippen LogP contribution in [-0.4, -0.2) is 103 Å². The van der Waals surface area contributed by atoms with Gasteiger partial charge in [0.1, 0.15) is 6.04 Å². The third kappa shape index (κ3) is 16.0. The summed E-state index contributed by atoms with van der Waals surface area (Å²) < 4.78 is 27.7. The molecule has 1 aliphatic carbocycles. The van der Waals surface area contributed by atoms with Crippen LogP contribution in [0.25, 0.3) is 0 Å². The van der Waals surface area contributed by atoms with E-state index in [1.807, 2.05) is 0 Å². The van der Waals surface area contributed by atoms with Crippen LogP contribution < -0.4 is 31.8 Å². The number of hydrogen-bond acceptors (Lipinski definition) is 11. The lowest BCUT2D eigenvalue weighted by atomic mass is 9.85. The predicted octanol–water partition coefficient (Wildman–Crippen LogP) is 3.36. The number of hydrogen-bond donors (Lipinski definition) is 7. The fraction of sp³-hybridized carbons (Fsp3) is 0.489. The quantitative estimate of drug-likeness (QED) is 0.0138. The predicted molar refractivity (Wildman–Crippen MR) is 250 cm³/mol. The monoisotopic (exact) mass is 945 g/mol. The molecule has 0 saturated heterocycles. The number of carbonyl (C=O) groups is 5. The summed E-state index contributed by atoms with van der Waals surface area (Å²) in [6.45, 7) is 0.0142. The molecule has 2 aliphatic rings. The summed E-state index contributed by atoms with van der Waals surface area (Å²) in [5.41, 5.74) is 8.95. The van der Waals surface area contributed by atoms with Gasteiger partial charge in [-0.15, -0.1) is 0 Å². The third-order valence-electron chi connectivity index (χ3n) is 12.1. The molecule has 4 atom stereocenters. The summed E-state index contributed by atoms with van der Waals surface area (Å²) in [4.78, 5) is 83.4. The minimum Gasteiger partial charge on any atom is -0.381 e. The lowest BCUT2D eigenvalue weighted by Gasteiger charge is -2.29. The van der Waals surface area contributed by atoms with Crippen LogP contribution in [0.5, 0.6) is 0 Å². The maximum absolute atomic E-state index is 14.3. The number of imide groups is 1. The van der Waals surface area contributed by atoms with Gasteiger partial charge >= 0.3 is 0 Å². The number of rotatable bonds is 28. The van der Waals surface area contributed by atoms with Crippen LogP contribution in [0.15, 0.2) is 94.8 Å². The van der Waals surface area contributed by atoms with Gasteiger partial charge in [-0.2, -0.15) is 0 Å². The number of aliphatic hydroxyl groups excluding tert-OH is 1. The Morgan fingerprint density at radius 2 is 1.37 bits per heavy atom. The summed E-state index contributed by atoms with van der Waals surface area (Å²) in [7, 11) is -3.85. The van der Waals surface area contributed by atoms with Gasteiger partial charge in [0.05, 0.1) is 22.1 Å². The van der Waals surface area contributed by atoms with Crippen molar-refractivity contribution in [3.63, 3.8) is 0 Å². The molecule has 2 unspecified atom stereocenters. The molecule has 1 heterocycles. The van der Waals surface area contributed by atoms with Gasteiger partial charge in [-0.3, -0.25) is 28.9 Å². The fourth-order valence-electron chi connectivity index (χ4n) is 8.63. The molecule has 0 spiro atoms. The molecule has 362 valence electrons. The number of unbranched alkanes of at least 4 members (excludes halogenated alkanes) is 5. The highest BCUT2D eigenvalue weighted by Gasteiger charge is 2.36. The van der Waals surface area contributed by atoms with Crippen molar-refractivity contribution in [2.45, 2.75) is 113 Å².